The summed E-state index contributed by atoms with van der Waals surface area (Å²) < 4.78 is 14.0. The molecule has 1 aromatic heterocycles. The van der Waals surface area contributed by atoms with Gasteiger partial charge < -0.3 is 15.7 Å². The molecule has 8 heteroatoms. The minimum atomic E-state index is -1.32. The molecule has 0 saturated carbocycles. The fourth-order valence-corrected chi connectivity index (χ4v) is 3.53. The molecule has 0 unspecified atom stereocenters. The second-order valence-electron chi connectivity index (χ2n) is 7.01. The molecular weight excluding hydrogens is 387 g/mol. The van der Waals surface area contributed by atoms with Crippen LogP contribution < -0.4 is 16.0 Å². The summed E-state index contributed by atoms with van der Waals surface area (Å²) >= 11 is 0. The Balaban J connectivity index is 1.56. The lowest BCUT2D eigenvalue weighted by molar-refractivity contribution is 0.0933. The molecule has 4 rings (SSSR count). The number of aromatic nitrogens is 1. The quantitative estimate of drug-likeness (QED) is 0.514. The van der Waals surface area contributed by atoms with Crippen LogP contribution in [0, 0.1) is 5.82 Å². The first-order chi connectivity index (χ1) is 14.5. The Hall–Kier alpha value is -3.94. The third-order valence-electron chi connectivity index (χ3n) is 4.83. The topological polar surface area (TPSA) is 103 Å². The van der Waals surface area contributed by atoms with E-state index in [-0.39, 0.29) is 23.2 Å². The van der Waals surface area contributed by atoms with Crippen LogP contribution in [0.5, 0.6) is 0 Å². The largest absolute Gasteiger partial charge is 0.465 e. The fraction of sp³-hybridized carbons (Fsp3) is 0.136. The van der Waals surface area contributed by atoms with E-state index in [1.54, 1.807) is 12.1 Å². The number of rotatable bonds is 5. The lowest BCUT2D eigenvalue weighted by Gasteiger charge is -2.14. The normalized spacial score (nSPS) is 12.8. The molecule has 1 heterocycles. The van der Waals surface area contributed by atoms with Crippen LogP contribution in [0.15, 0.2) is 60.7 Å². The van der Waals surface area contributed by atoms with Crippen molar-refractivity contribution in [3.05, 3.63) is 83.3 Å². The summed E-state index contributed by atoms with van der Waals surface area (Å²) in [6, 6.07) is 16.8. The number of benzene rings is 2. The molecule has 7 nitrogen and oxygen atoms in total. The zero-order chi connectivity index (χ0) is 21.1. The molecule has 0 aliphatic heterocycles. The maximum Gasteiger partial charge on any atom is 0.410 e. The first-order valence-electron chi connectivity index (χ1n) is 9.39. The predicted octanol–water partition coefficient (Wildman–Crippen LogP) is 3.95. The smallest absolute Gasteiger partial charge is 0.410 e. The van der Waals surface area contributed by atoms with Crippen LogP contribution in [0.4, 0.5) is 26.4 Å². The number of anilines is 3. The highest BCUT2D eigenvalue weighted by molar-refractivity contribution is 5.95. The number of halogens is 1. The zero-order valence-electron chi connectivity index (χ0n) is 15.9. The summed E-state index contributed by atoms with van der Waals surface area (Å²) in [5.41, 5.74) is 2.94. The van der Waals surface area contributed by atoms with Crippen molar-refractivity contribution in [1.29, 1.82) is 0 Å². The molecule has 1 aliphatic carbocycles. The Morgan fingerprint density at radius 2 is 1.67 bits per heavy atom. The summed E-state index contributed by atoms with van der Waals surface area (Å²) in [7, 11) is 0. The van der Waals surface area contributed by atoms with Crippen molar-refractivity contribution in [1.82, 2.24) is 10.3 Å². The van der Waals surface area contributed by atoms with Gasteiger partial charge >= 0.3 is 6.09 Å². The Morgan fingerprint density at radius 3 is 2.33 bits per heavy atom. The van der Waals surface area contributed by atoms with E-state index in [9.17, 15) is 14.0 Å². The molecule has 30 heavy (non-hydrogen) atoms. The van der Waals surface area contributed by atoms with Gasteiger partial charge in [0.25, 0.3) is 5.91 Å². The lowest BCUT2D eigenvalue weighted by atomic mass is 10.1. The van der Waals surface area contributed by atoms with E-state index in [0.29, 0.717) is 5.69 Å². The van der Waals surface area contributed by atoms with Gasteiger partial charge in [-0.3, -0.25) is 10.1 Å². The molecule has 0 atom stereocenters. The number of nitrogens with one attached hydrogen (secondary N) is 3. The molecule has 0 fully saturated rings. The van der Waals surface area contributed by atoms with Gasteiger partial charge in [0.1, 0.15) is 17.3 Å². The second kappa shape index (κ2) is 8.20. The van der Waals surface area contributed by atoms with Gasteiger partial charge in [-0.15, -0.1) is 0 Å². The van der Waals surface area contributed by atoms with Gasteiger partial charge in [-0.25, -0.2) is 14.2 Å². The second-order valence-corrected chi connectivity index (χ2v) is 7.01. The number of amides is 2. The number of hydrogen-bond donors (Lipinski definition) is 4. The van der Waals surface area contributed by atoms with Crippen LogP contribution in [-0.4, -0.2) is 28.1 Å². The zero-order valence-corrected chi connectivity index (χ0v) is 15.9. The van der Waals surface area contributed by atoms with Gasteiger partial charge in [-0.05, 0) is 42.2 Å². The van der Waals surface area contributed by atoms with E-state index in [4.69, 9.17) is 5.11 Å². The van der Waals surface area contributed by atoms with Crippen molar-refractivity contribution in [2.24, 2.45) is 0 Å². The minimum absolute atomic E-state index is 0.0241. The van der Waals surface area contributed by atoms with Crippen LogP contribution in [-0.2, 0) is 12.8 Å². The Labute approximate surface area is 172 Å². The molecule has 3 aromatic rings. The molecule has 1 aliphatic rings. The number of fused-ring (bicyclic) bond motifs is 1. The Bertz CT molecular complexity index is 1090. The average Bonchev–Trinajstić information content (AvgIpc) is 3.11. The average molecular weight is 406 g/mol. The molecule has 0 bridgehead atoms. The number of carboxylic acid groups (broad SMARTS) is 1. The number of para-hydroxylation sites is 1. The van der Waals surface area contributed by atoms with Gasteiger partial charge in [0.15, 0.2) is 0 Å². The van der Waals surface area contributed by atoms with Crippen LogP contribution in [0.25, 0.3) is 0 Å². The maximum absolute atomic E-state index is 14.0. The molecule has 0 spiro atoms. The monoisotopic (exact) mass is 406 g/mol. The summed E-state index contributed by atoms with van der Waals surface area (Å²) in [5.74, 6) is -0.945. The molecule has 152 valence electrons. The van der Waals surface area contributed by atoms with Crippen molar-refractivity contribution in [2.75, 3.05) is 10.6 Å². The minimum Gasteiger partial charge on any atom is -0.465 e. The number of nitrogens with zero attached hydrogens (tertiary/aromatic N) is 1. The molecular formula is C22H19FN4O3. The number of carbonyl (C=O) groups is 2. The number of carbonyl (C=O) groups excluding carboxylic acids is 1. The molecule has 2 aromatic carbocycles. The van der Waals surface area contributed by atoms with E-state index < -0.39 is 17.8 Å². The summed E-state index contributed by atoms with van der Waals surface area (Å²) in [6.07, 6.45) is 0.119. The lowest BCUT2D eigenvalue weighted by Crippen LogP contribution is -2.36. The van der Waals surface area contributed by atoms with Gasteiger partial charge in [-0.1, -0.05) is 36.4 Å². The van der Waals surface area contributed by atoms with E-state index in [1.165, 1.54) is 35.4 Å². The fourth-order valence-electron chi connectivity index (χ4n) is 3.53. The molecule has 0 radical (unpaired) electrons. The Kier molecular flexibility index (Phi) is 5.30. The summed E-state index contributed by atoms with van der Waals surface area (Å²) in [6.45, 7) is 0. The highest BCUT2D eigenvalue weighted by Gasteiger charge is 2.24. The highest BCUT2D eigenvalue weighted by Crippen LogP contribution is 2.24. The van der Waals surface area contributed by atoms with Crippen molar-refractivity contribution >= 4 is 29.2 Å². The van der Waals surface area contributed by atoms with Crippen molar-refractivity contribution in [2.45, 2.75) is 18.9 Å². The summed E-state index contributed by atoms with van der Waals surface area (Å²) in [5, 5.41) is 17.0. The molecule has 0 saturated heterocycles. The Morgan fingerprint density at radius 1 is 1.00 bits per heavy atom. The maximum atomic E-state index is 14.0. The molecule has 2 amide bonds. The standard InChI is InChI=1S/C22H19FN4O3/c23-17-7-3-4-8-18(17)24-16-11-19(26-20(12-16)27-22(29)30)21(28)25-15-9-13-5-1-2-6-14(13)10-15/h1-8,11-12,15H,9-10H2,(H,25,28)(H,29,30)(H2,24,26,27). The van der Waals surface area contributed by atoms with Crippen molar-refractivity contribution in [3.63, 3.8) is 0 Å². The van der Waals surface area contributed by atoms with Crippen LogP contribution in [0.2, 0.25) is 0 Å². The van der Waals surface area contributed by atoms with E-state index in [0.717, 1.165) is 12.8 Å². The number of pyridine rings is 1. The summed E-state index contributed by atoms with van der Waals surface area (Å²) in [4.78, 5) is 27.9. The highest BCUT2D eigenvalue weighted by atomic mass is 19.1. The van der Waals surface area contributed by atoms with E-state index >= 15 is 0 Å². The molecule has 4 N–H and O–H groups in total. The van der Waals surface area contributed by atoms with Crippen molar-refractivity contribution < 1.29 is 19.1 Å². The van der Waals surface area contributed by atoms with Gasteiger partial charge in [0.2, 0.25) is 0 Å². The van der Waals surface area contributed by atoms with E-state index in [2.05, 4.69) is 20.9 Å². The number of hydrogen-bond acceptors (Lipinski definition) is 4. The van der Waals surface area contributed by atoms with Gasteiger partial charge in [0.05, 0.1) is 5.69 Å². The van der Waals surface area contributed by atoms with Gasteiger partial charge in [-0.2, -0.15) is 0 Å². The first kappa shape index (κ1) is 19.4. The van der Waals surface area contributed by atoms with E-state index in [1.807, 2.05) is 24.3 Å². The van der Waals surface area contributed by atoms with Crippen molar-refractivity contribution in [3.8, 4) is 0 Å². The third-order valence-corrected chi connectivity index (χ3v) is 4.83. The first-order valence-corrected chi connectivity index (χ1v) is 9.39. The van der Waals surface area contributed by atoms with Crippen LogP contribution in [0.3, 0.4) is 0 Å². The van der Waals surface area contributed by atoms with Gasteiger partial charge in [0, 0.05) is 17.8 Å². The predicted molar refractivity (Wildman–Crippen MR) is 111 cm³/mol. The van der Waals surface area contributed by atoms with Crippen LogP contribution >= 0.6 is 0 Å². The van der Waals surface area contributed by atoms with Crippen LogP contribution in [0.1, 0.15) is 21.6 Å². The SMILES string of the molecule is O=C(O)Nc1cc(Nc2ccccc2F)cc(C(=O)NC2Cc3ccccc3C2)n1. The third kappa shape index (κ3) is 4.38.